The Hall–Kier alpha value is -3.62. The Bertz CT molecular complexity index is 1330. The molecule has 0 bridgehead atoms. The molecule has 3 aromatic carbocycles. The van der Waals surface area contributed by atoms with Crippen LogP contribution < -0.4 is 9.47 Å². The lowest BCUT2D eigenvalue weighted by molar-refractivity contribution is -0.289. The summed E-state index contributed by atoms with van der Waals surface area (Å²) in [6.45, 7) is 0.353. The van der Waals surface area contributed by atoms with Crippen LogP contribution in [0.4, 0.5) is 22.0 Å². The van der Waals surface area contributed by atoms with Gasteiger partial charge in [0.05, 0.1) is 20.1 Å². The van der Waals surface area contributed by atoms with Crippen molar-refractivity contribution in [2.45, 2.75) is 43.4 Å². The third kappa shape index (κ3) is 4.51. The average Bonchev–Trinajstić information content (AvgIpc) is 3.47. The molecule has 3 aromatic rings. The Morgan fingerprint density at radius 2 is 1.73 bits per heavy atom. The lowest BCUT2D eigenvalue weighted by atomic mass is 9.90. The third-order valence-corrected chi connectivity index (χ3v) is 6.91. The van der Waals surface area contributed by atoms with Crippen LogP contribution in [0.2, 0.25) is 0 Å². The van der Waals surface area contributed by atoms with Crippen molar-refractivity contribution in [1.82, 2.24) is 0 Å². The maximum Gasteiger partial charge on any atom is 0.458 e. The van der Waals surface area contributed by atoms with Crippen LogP contribution in [-0.4, -0.2) is 25.9 Å². The predicted octanol–water partition coefficient (Wildman–Crippen LogP) is 7.11. The first kappa shape index (κ1) is 25.0. The minimum absolute atomic E-state index is 0.110. The van der Waals surface area contributed by atoms with E-state index in [1.54, 1.807) is 30.3 Å². The lowest BCUT2D eigenvalue weighted by Gasteiger charge is -2.23. The molecule has 0 saturated heterocycles. The van der Waals surface area contributed by atoms with Crippen molar-refractivity contribution < 1.29 is 41.0 Å². The van der Waals surface area contributed by atoms with E-state index in [9.17, 15) is 26.7 Å². The quantitative estimate of drug-likeness (QED) is 0.258. The highest BCUT2D eigenvalue weighted by Crippen LogP contribution is 2.49. The molecule has 0 aromatic heterocycles. The molecule has 1 aliphatic heterocycles. The van der Waals surface area contributed by atoms with E-state index < -0.39 is 23.8 Å². The lowest BCUT2D eigenvalue weighted by Crippen LogP contribution is -2.34. The summed E-state index contributed by atoms with van der Waals surface area (Å²) in [5.41, 5.74) is 1.43. The second kappa shape index (κ2) is 9.36. The van der Waals surface area contributed by atoms with Crippen molar-refractivity contribution in [2.75, 3.05) is 13.7 Å². The van der Waals surface area contributed by atoms with Gasteiger partial charge in [-0.3, -0.25) is 4.79 Å². The van der Waals surface area contributed by atoms with Crippen molar-refractivity contribution in [1.29, 1.82) is 0 Å². The molecule has 0 fully saturated rings. The molecule has 0 spiro atoms. The highest BCUT2D eigenvalue weighted by molar-refractivity contribution is 5.74. The van der Waals surface area contributed by atoms with Gasteiger partial charge < -0.3 is 14.2 Å². The second-order valence-corrected chi connectivity index (χ2v) is 9.12. The maximum absolute atomic E-state index is 14.4. The number of ether oxygens (including phenoxy) is 3. The smallest absolute Gasteiger partial charge is 0.458 e. The summed E-state index contributed by atoms with van der Waals surface area (Å²) in [4.78, 5) is 11.6. The van der Waals surface area contributed by atoms with Gasteiger partial charge in [0, 0.05) is 23.1 Å². The first-order valence-electron chi connectivity index (χ1n) is 11.8. The third-order valence-electron chi connectivity index (χ3n) is 6.91. The van der Waals surface area contributed by atoms with Gasteiger partial charge in [0.25, 0.3) is 0 Å². The Labute approximate surface area is 210 Å². The fourth-order valence-electron chi connectivity index (χ4n) is 5.08. The number of carbonyl (C=O) groups excluding carboxylic acids is 1. The van der Waals surface area contributed by atoms with Crippen molar-refractivity contribution >= 4 is 5.97 Å². The van der Waals surface area contributed by atoms with E-state index in [-0.39, 0.29) is 23.9 Å². The van der Waals surface area contributed by atoms with E-state index in [0.717, 1.165) is 17.2 Å². The number of halogens is 5. The van der Waals surface area contributed by atoms with Crippen LogP contribution >= 0.6 is 0 Å². The summed E-state index contributed by atoms with van der Waals surface area (Å²) < 4.78 is 85.0. The number of alkyl halides is 5. The SMILES string of the molecule is COC(=O)CC1COc2cc(OC3CCc4c(-c5ccccc5C(F)(F)C(F)(F)F)cccc43)ccc21. The Kier molecular flexibility index (Phi) is 6.33. The minimum Gasteiger partial charge on any atom is -0.492 e. The molecule has 0 N–H and O–H groups in total. The van der Waals surface area contributed by atoms with E-state index in [0.29, 0.717) is 42.1 Å². The largest absolute Gasteiger partial charge is 0.492 e. The van der Waals surface area contributed by atoms with Gasteiger partial charge in [0.1, 0.15) is 17.6 Å². The summed E-state index contributed by atoms with van der Waals surface area (Å²) in [6, 6.07) is 15.1. The number of rotatable bonds is 6. The number of methoxy groups -OCH3 is 1. The Balaban J connectivity index is 1.42. The fourth-order valence-corrected chi connectivity index (χ4v) is 5.08. The standard InChI is InChI=1S/C28H23F5O4/c1-35-26(34)13-16-15-36-25-14-17(9-10-18(16)25)37-24-12-11-20-19(6-4-7-22(20)24)21-5-2-3-8-23(21)27(29,30)28(31,32)33/h2-10,14,16,24H,11-13,15H2,1H3. The number of hydrogen-bond donors (Lipinski definition) is 0. The first-order chi connectivity index (χ1) is 17.6. The number of fused-ring (bicyclic) bond motifs is 2. The van der Waals surface area contributed by atoms with Gasteiger partial charge in [-0.1, -0.05) is 48.5 Å². The number of hydrogen-bond acceptors (Lipinski definition) is 4. The summed E-state index contributed by atoms with van der Waals surface area (Å²) in [5.74, 6) is -4.28. The number of esters is 1. The second-order valence-electron chi connectivity index (χ2n) is 9.12. The topological polar surface area (TPSA) is 44.8 Å². The van der Waals surface area contributed by atoms with E-state index in [1.807, 2.05) is 6.07 Å². The molecule has 4 nitrogen and oxygen atoms in total. The highest BCUT2D eigenvalue weighted by atomic mass is 19.4. The highest BCUT2D eigenvalue weighted by Gasteiger charge is 2.59. The van der Waals surface area contributed by atoms with Gasteiger partial charge in [-0.15, -0.1) is 0 Å². The molecule has 0 amide bonds. The van der Waals surface area contributed by atoms with E-state index in [1.165, 1.54) is 25.3 Å². The van der Waals surface area contributed by atoms with E-state index in [2.05, 4.69) is 0 Å². The van der Waals surface area contributed by atoms with Crippen LogP contribution in [0.25, 0.3) is 11.1 Å². The van der Waals surface area contributed by atoms with Crippen LogP contribution in [-0.2, 0) is 21.9 Å². The molecule has 5 rings (SSSR count). The summed E-state index contributed by atoms with van der Waals surface area (Å²) in [5, 5.41) is 0. The van der Waals surface area contributed by atoms with Gasteiger partial charge in [-0.05, 0) is 41.2 Å². The molecule has 2 aliphatic rings. The monoisotopic (exact) mass is 518 g/mol. The van der Waals surface area contributed by atoms with Crippen molar-refractivity contribution in [3.8, 4) is 22.6 Å². The molecular formula is C28H23F5O4. The summed E-state index contributed by atoms with van der Waals surface area (Å²) in [6.07, 6.45) is -4.91. The van der Waals surface area contributed by atoms with Crippen LogP contribution in [0.15, 0.2) is 60.7 Å². The zero-order valence-electron chi connectivity index (χ0n) is 19.8. The Morgan fingerprint density at radius 1 is 0.973 bits per heavy atom. The van der Waals surface area contributed by atoms with Gasteiger partial charge >= 0.3 is 18.1 Å². The molecule has 0 radical (unpaired) electrons. The van der Waals surface area contributed by atoms with Crippen molar-refractivity contribution in [2.24, 2.45) is 0 Å². The predicted molar refractivity (Wildman–Crippen MR) is 125 cm³/mol. The number of benzene rings is 3. The van der Waals surface area contributed by atoms with Crippen LogP contribution in [0.5, 0.6) is 11.5 Å². The van der Waals surface area contributed by atoms with Crippen LogP contribution in [0, 0.1) is 0 Å². The molecule has 37 heavy (non-hydrogen) atoms. The van der Waals surface area contributed by atoms with Crippen molar-refractivity contribution in [3.05, 3.63) is 82.9 Å². The minimum atomic E-state index is -5.71. The van der Waals surface area contributed by atoms with Crippen LogP contribution in [0.1, 0.15) is 47.1 Å². The molecule has 9 heteroatoms. The molecular weight excluding hydrogens is 495 g/mol. The van der Waals surface area contributed by atoms with E-state index >= 15 is 0 Å². The van der Waals surface area contributed by atoms with E-state index in [4.69, 9.17) is 14.2 Å². The fraction of sp³-hybridized carbons (Fsp3) is 0.321. The van der Waals surface area contributed by atoms with Gasteiger partial charge in [-0.2, -0.15) is 22.0 Å². The summed E-state index contributed by atoms with van der Waals surface area (Å²) in [7, 11) is 1.33. The zero-order valence-corrected chi connectivity index (χ0v) is 19.8. The number of carbonyl (C=O) groups is 1. The van der Waals surface area contributed by atoms with Crippen LogP contribution in [0.3, 0.4) is 0 Å². The normalized spacial score (nSPS) is 18.6. The maximum atomic E-state index is 14.4. The molecule has 194 valence electrons. The first-order valence-corrected chi connectivity index (χ1v) is 11.8. The zero-order chi connectivity index (χ0) is 26.4. The molecule has 2 unspecified atom stereocenters. The average molecular weight is 518 g/mol. The van der Waals surface area contributed by atoms with Gasteiger partial charge in [0.2, 0.25) is 0 Å². The summed E-state index contributed by atoms with van der Waals surface area (Å²) >= 11 is 0. The molecule has 1 heterocycles. The molecule has 1 aliphatic carbocycles. The van der Waals surface area contributed by atoms with Gasteiger partial charge in [0.15, 0.2) is 0 Å². The molecule has 2 atom stereocenters. The Morgan fingerprint density at radius 3 is 2.49 bits per heavy atom. The van der Waals surface area contributed by atoms with Gasteiger partial charge in [-0.25, -0.2) is 0 Å². The molecule has 0 saturated carbocycles. The van der Waals surface area contributed by atoms with Crippen molar-refractivity contribution in [3.63, 3.8) is 0 Å².